The summed E-state index contributed by atoms with van der Waals surface area (Å²) in [6.07, 6.45) is 11.4. The number of hydrogen-bond donors (Lipinski definition) is 1. The Bertz CT molecular complexity index is 552. The number of hydrogen-bond acceptors (Lipinski definition) is 5. The molecule has 2 aliphatic rings. The third-order valence-corrected chi connectivity index (χ3v) is 5.28. The predicted octanol–water partition coefficient (Wildman–Crippen LogP) is 2.79. The molecule has 1 saturated heterocycles. The Labute approximate surface area is 150 Å². The van der Waals surface area contributed by atoms with E-state index in [9.17, 15) is 4.79 Å². The van der Waals surface area contributed by atoms with E-state index in [1.54, 1.807) is 12.4 Å². The molecule has 138 valence electrons. The summed E-state index contributed by atoms with van der Waals surface area (Å²) >= 11 is 0. The third kappa shape index (κ3) is 5.06. The number of carbonyl (C=O) groups excluding carboxylic acids is 1. The molecular weight excluding hydrogens is 316 g/mol. The number of rotatable bonds is 7. The topological polar surface area (TPSA) is 67.4 Å². The number of amides is 1. The summed E-state index contributed by atoms with van der Waals surface area (Å²) < 4.78 is 5.86. The van der Waals surface area contributed by atoms with E-state index in [4.69, 9.17) is 4.74 Å². The SMILES string of the molecule is CCCNC(=O)C1CCN(c2cncc(OCC3CCCC3)n2)CC1. The molecule has 1 aliphatic carbocycles. The molecule has 2 fully saturated rings. The molecule has 2 heterocycles. The lowest BCUT2D eigenvalue weighted by atomic mass is 9.96. The second-order valence-corrected chi connectivity index (χ2v) is 7.23. The maximum Gasteiger partial charge on any atom is 0.234 e. The first-order valence-corrected chi connectivity index (χ1v) is 9.73. The predicted molar refractivity (Wildman–Crippen MR) is 97.7 cm³/mol. The molecular formula is C19H30N4O2. The highest BCUT2D eigenvalue weighted by molar-refractivity contribution is 5.78. The number of piperidine rings is 1. The van der Waals surface area contributed by atoms with Gasteiger partial charge in [-0.2, -0.15) is 4.98 Å². The van der Waals surface area contributed by atoms with Crippen molar-refractivity contribution in [2.75, 3.05) is 31.1 Å². The molecule has 25 heavy (non-hydrogen) atoms. The van der Waals surface area contributed by atoms with E-state index in [-0.39, 0.29) is 11.8 Å². The molecule has 1 saturated carbocycles. The average molecular weight is 346 g/mol. The number of anilines is 1. The first-order chi connectivity index (χ1) is 12.3. The fourth-order valence-electron chi connectivity index (χ4n) is 3.70. The van der Waals surface area contributed by atoms with Crippen LogP contribution < -0.4 is 15.0 Å². The summed E-state index contributed by atoms with van der Waals surface area (Å²) in [5.74, 6) is 2.46. The van der Waals surface area contributed by atoms with E-state index >= 15 is 0 Å². The van der Waals surface area contributed by atoms with E-state index in [1.807, 2.05) is 0 Å². The van der Waals surface area contributed by atoms with Crippen molar-refractivity contribution in [3.05, 3.63) is 12.4 Å². The quantitative estimate of drug-likeness (QED) is 0.822. The van der Waals surface area contributed by atoms with Gasteiger partial charge in [0, 0.05) is 25.6 Å². The Kier molecular flexibility index (Phi) is 6.48. The van der Waals surface area contributed by atoms with Crippen LogP contribution in [0.3, 0.4) is 0 Å². The Hall–Kier alpha value is -1.85. The molecule has 1 aromatic heterocycles. The Morgan fingerprint density at radius 3 is 2.72 bits per heavy atom. The van der Waals surface area contributed by atoms with Gasteiger partial charge in [0.15, 0.2) is 5.82 Å². The molecule has 6 heteroatoms. The summed E-state index contributed by atoms with van der Waals surface area (Å²) in [6.45, 7) is 5.27. The van der Waals surface area contributed by atoms with Gasteiger partial charge in [-0.25, -0.2) is 0 Å². The van der Waals surface area contributed by atoms with Crippen molar-refractivity contribution in [1.82, 2.24) is 15.3 Å². The molecule has 1 amide bonds. The van der Waals surface area contributed by atoms with Crippen molar-refractivity contribution in [3.63, 3.8) is 0 Å². The number of ether oxygens (including phenoxy) is 1. The normalized spacial score (nSPS) is 19.2. The molecule has 1 aliphatic heterocycles. The number of carbonyl (C=O) groups is 1. The standard InChI is InChI=1S/C19H30N4O2/c1-2-9-21-19(24)16-7-10-23(11-8-16)17-12-20-13-18(22-17)25-14-15-5-3-4-6-15/h12-13,15-16H,2-11,14H2,1H3,(H,21,24). The van der Waals surface area contributed by atoms with E-state index in [2.05, 4.69) is 27.1 Å². The van der Waals surface area contributed by atoms with Crippen molar-refractivity contribution < 1.29 is 9.53 Å². The first kappa shape index (κ1) is 18.0. The molecule has 0 spiro atoms. The molecule has 0 bridgehead atoms. The van der Waals surface area contributed by atoms with Gasteiger partial charge in [0.2, 0.25) is 11.8 Å². The van der Waals surface area contributed by atoms with Crippen molar-refractivity contribution >= 4 is 11.7 Å². The van der Waals surface area contributed by atoms with Crippen LogP contribution >= 0.6 is 0 Å². The molecule has 0 radical (unpaired) electrons. The summed E-state index contributed by atoms with van der Waals surface area (Å²) in [5, 5.41) is 3.00. The first-order valence-electron chi connectivity index (χ1n) is 9.73. The second kappa shape index (κ2) is 9.02. The highest BCUT2D eigenvalue weighted by Gasteiger charge is 2.25. The summed E-state index contributed by atoms with van der Waals surface area (Å²) in [4.78, 5) is 23.2. The zero-order chi connectivity index (χ0) is 17.5. The minimum atomic E-state index is 0.123. The van der Waals surface area contributed by atoms with E-state index < -0.39 is 0 Å². The highest BCUT2D eigenvalue weighted by Crippen LogP contribution is 2.26. The van der Waals surface area contributed by atoms with E-state index in [0.29, 0.717) is 11.8 Å². The molecule has 1 N–H and O–H groups in total. The lowest BCUT2D eigenvalue weighted by molar-refractivity contribution is -0.125. The lowest BCUT2D eigenvalue weighted by Gasteiger charge is -2.32. The van der Waals surface area contributed by atoms with E-state index in [0.717, 1.165) is 51.3 Å². The number of nitrogens with one attached hydrogen (secondary N) is 1. The minimum absolute atomic E-state index is 0.123. The van der Waals surface area contributed by atoms with Gasteiger partial charge >= 0.3 is 0 Å². The van der Waals surface area contributed by atoms with Crippen molar-refractivity contribution in [2.24, 2.45) is 11.8 Å². The largest absolute Gasteiger partial charge is 0.476 e. The van der Waals surface area contributed by atoms with Crippen molar-refractivity contribution in [1.29, 1.82) is 0 Å². The number of aromatic nitrogens is 2. The second-order valence-electron chi connectivity index (χ2n) is 7.23. The Morgan fingerprint density at radius 2 is 2.00 bits per heavy atom. The maximum atomic E-state index is 12.1. The smallest absolute Gasteiger partial charge is 0.234 e. The molecule has 0 aromatic carbocycles. The molecule has 0 atom stereocenters. The van der Waals surface area contributed by atoms with Crippen LogP contribution in [0.4, 0.5) is 5.82 Å². The lowest BCUT2D eigenvalue weighted by Crippen LogP contribution is -2.41. The fraction of sp³-hybridized carbons (Fsp3) is 0.737. The summed E-state index contributed by atoms with van der Waals surface area (Å²) in [5.41, 5.74) is 0. The average Bonchev–Trinajstić information content (AvgIpc) is 3.18. The van der Waals surface area contributed by atoms with Gasteiger partial charge in [-0.3, -0.25) is 9.78 Å². The van der Waals surface area contributed by atoms with Gasteiger partial charge in [-0.1, -0.05) is 19.8 Å². The van der Waals surface area contributed by atoms with Crippen LogP contribution in [0.1, 0.15) is 51.9 Å². The van der Waals surface area contributed by atoms with Crippen LogP contribution in [0, 0.1) is 11.8 Å². The number of nitrogens with zero attached hydrogens (tertiary/aromatic N) is 3. The van der Waals surface area contributed by atoms with Gasteiger partial charge in [0.05, 0.1) is 19.0 Å². The van der Waals surface area contributed by atoms with Crippen LogP contribution in [0.25, 0.3) is 0 Å². The Balaban J connectivity index is 1.49. The zero-order valence-corrected chi connectivity index (χ0v) is 15.2. The molecule has 3 rings (SSSR count). The fourth-order valence-corrected chi connectivity index (χ4v) is 3.70. The summed E-state index contributed by atoms with van der Waals surface area (Å²) in [6, 6.07) is 0. The monoisotopic (exact) mass is 346 g/mol. The third-order valence-electron chi connectivity index (χ3n) is 5.28. The van der Waals surface area contributed by atoms with Gasteiger partial charge < -0.3 is 15.0 Å². The highest BCUT2D eigenvalue weighted by atomic mass is 16.5. The molecule has 6 nitrogen and oxygen atoms in total. The van der Waals surface area contributed by atoms with Crippen LogP contribution in [-0.4, -0.2) is 42.1 Å². The molecule has 0 unspecified atom stereocenters. The van der Waals surface area contributed by atoms with Crippen molar-refractivity contribution in [2.45, 2.75) is 51.9 Å². The minimum Gasteiger partial charge on any atom is -0.476 e. The zero-order valence-electron chi connectivity index (χ0n) is 15.2. The summed E-state index contributed by atoms with van der Waals surface area (Å²) in [7, 11) is 0. The maximum absolute atomic E-state index is 12.1. The van der Waals surface area contributed by atoms with Gasteiger partial charge in [0.25, 0.3) is 0 Å². The van der Waals surface area contributed by atoms with Gasteiger partial charge in [-0.05, 0) is 38.0 Å². The van der Waals surface area contributed by atoms with Crippen LogP contribution in [0.15, 0.2) is 12.4 Å². The van der Waals surface area contributed by atoms with Gasteiger partial charge in [0.1, 0.15) is 0 Å². The van der Waals surface area contributed by atoms with Gasteiger partial charge in [-0.15, -0.1) is 0 Å². The Morgan fingerprint density at radius 1 is 1.24 bits per heavy atom. The van der Waals surface area contributed by atoms with E-state index in [1.165, 1.54) is 25.7 Å². The van der Waals surface area contributed by atoms with Crippen LogP contribution in [0.5, 0.6) is 5.88 Å². The van der Waals surface area contributed by atoms with Crippen molar-refractivity contribution in [3.8, 4) is 5.88 Å². The molecule has 1 aromatic rings. The van der Waals surface area contributed by atoms with Crippen LogP contribution in [0.2, 0.25) is 0 Å². The van der Waals surface area contributed by atoms with Crippen LogP contribution in [-0.2, 0) is 4.79 Å².